The zero-order chi connectivity index (χ0) is 15.1. The average molecular weight is 303 g/mol. The third-order valence-corrected chi connectivity index (χ3v) is 2.51. The molecule has 0 unspecified atom stereocenters. The fraction of sp³-hybridized carbons (Fsp3) is 0.250. The van der Waals surface area contributed by atoms with Gasteiger partial charge in [-0.05, 0) is 24.6 Å². The molecule has 1 rings (SSSR count). The number of rotatable bonds is 5. The zero-order valence-electron chi connectivity index (χ0n) is 10.3. The Morgan fingerprint density at radius 3 is 2.55 bits per heavy atom. The predicted molar refractivity (Wildman–Crippen MR) is 70.1 cm³/mol. The van der Waals surface area contributed by atoms with Crippen molar-refractivity contribution in [1.82, 2.24) is 5.32 Å². The fourth-order valence-electron chi connectivity index (χ4n) is 1.33. The van der Waals surface area contributed by atoms with Crippen molar-refractivity contribution in [1.29, 1.82) is 0 Å². The second-order valence-electron chi connectivity index (χ2n) is 3.88. The maximum Gasteiger partial charge on any atom is 0.325 e. The number of carbonyl (C=O) groups excluding carboxylic acids is 2. The summed E-state index contributed by atoms with van der Waals surface area (Å²) in [5, 5.41) is 12.6. The first-order valence-corrected chi connectivity index (χ1v) is 6.04. The smallest absolute Gasteiger partial charge is 0.325 e. The average Bonchev–Trinajstić information content (AvgIpc) is 2.33. The van der Waals surface area contributed by atoms with Crippen LogP contribution in [0.3, 0.4) is 0 Å². The Labute approximate surface area is 118 Å². The molecule has 0 saturated heterocycles. The lowest BCUT2D eigenvalue weighted by molar-refractivity contribution is -0.137. The molecule has 0 fully saturated rings. The fourth-order valence-corrected chi connectivity index (χ4v) is 1.51. The number of benzene rings is 1. The first-order valence-electron chi connectivity index (χ1n) is 5.66. The van der Waals surface area contributed by atoms with Crippen molar-refractivity contribution >= 4 is 35.2 Å². The second kappa shape index (κ2) is 7.44. The standard InChI is InChI=1S/C12H12ClFN2O4/c13-8-6-7(4-5-9(8)14)15-12(20)16-10(17)2-1-3-11(18)19/h4-6H,1-3H2,(H,18,19)(H2,15,16,17,20). The minimum absolute atomic E-state index is 0.0795. The molecular formula is C12H12ClFN2O4. The zero-order valence-corrected chi connectivity index (χ0v) is 11.0. The highest BCUT2D eigenvalue weighted by Crippen LogP contribution is 2.19. The van der Waals surface area contributed by atoms with Crippen molar-refractivity contribution in [2.45, 2.75) is 19.3 Å². The van der Waals surface area contributed by atoms with E-state index in [2.05, 4.69) is 5.32 Å². The summed E-state index contributed by atoms with van der Waals surface area (Å²) in [6.07, 6.45) is -0.0939. The maximum absolute atomic E-state index is 12.9. The molecule has 8 heteroatoms. The molecule has 0 bridgehead atoms. The Hall–Kier alpha value is -2.15. The van der Waals surface area contributed by atoms with Gasteiger partial charge < -0.3 is 10.4 Å². The molecule has 0 aliphatic heterocycles. The molecule has 6 nitrogen and oxygen atoms in total. The number of nitrogens with one attached hydrogen (secondary N) is 2. The number of carboxylic acid groups (broad SMARTS) is 1. The third-order valence-electron chi connectivity index (χ3n) is 2.22. The van der Waals surface area contributed by atoms with Gasteiger partial charge in [-0.15, -0.1) is 0 Å². The van der Waals surface area contributed by atoms with Crippen LogP contribution in [-0.4, -0.2) is 23.0 Å². The van der Waals surface area contributed by atoms with Crippen LogP contribution in [0.5, 0.6) is 0 Å². The molecular weight excluding hydrogens is 291 g/mol. The summed E-state index contributed by atoms with van der Waals surface area (Å²) in [7, 11) is 0. The number of hydrogen-bond donors (Lipinski definition) is 3. The lowest BCUT2D eigenvalue weighted by Gasteiger charge is -2.07. The molecule has 3 N–H and O–H groups in total. The lowest BCUT2D eigenvalue weighted by Crippen LogP contribution is -2.34. The maximum atomic E-state index is 12.9. The monoisotopic (exact) mass is 302 g/mol. The molecule has 0 spiro atoms. The van der Waals surface area contributed by atoms with Crippen LogP contribution in [0, 0.1) is 5.82 Å². The van der Waals surface area contributed by atoms with Gasteiger partial charge in [-0.3, -0.25) is 14.9 Å². The first-order chi connectivity index (χ1) is 9.38. The van der Waals surface area contributed by atoms with Gasteiger partial charge in [0.25, 0.3) is 0 Å². The van der Waals surface area contributed by atoms with Gasteiger partial charge in [-0.2, -0.15) is 0 Å². The Morgan fingerprint density at radius 1 is 1.25 bits per heavy atom. The number of carboxylic acids is 1. The van der Waals surface area contributed by atoms with Crippen LogP contribution in [0.4, 0.5) is 14.9 Å². The number of hydrogen-bond acceptors (Lipinski definition) is 3. The normalized spacial score (nSPS) is 9.90. The number of aliphatic carboxylic acids is 1. The predicted octanol–water partition coefficient (Wildman–Crippen LogP) is 2.38. The highest BCUT2D eigenvalue weighted by molar-refractivity contribution is 6.31. The Morgan fingerprint density at radius 2 is 1.95 bits per heavy atom. The Bertz CT molecular complexity index is 536. The van der Waals surface area contributed by atoms with Gasteiger partial charge in [0.2, 0.25) is 5.91 Å². The number of halogens is 2. The van der Waals surface area contributed by atoms with Crippen LogP contribution in [-0.2, 0) is 9.59 Å². The second-order valence-corrected chi connectivity index (χ2v) is 4.29. The van der Waals surface area contributed by atoms with Crippen molar-refractivity contribution in [3.8, 4) is 0 Å². The molecule has 0 saturated carbocycles. The summed E-state index contributed by atoms with van der Waals surface area (Å²) in [6.45, 7) is 0. The number of imide groups is 1. The van der Waals surface area contributed by atoms with Gasteiger partial charge in [-0.1, -0.05) is 11.6 Å². The molecule has 3 amide bonds. The van der Waals surface area contributed by atoms with Gasteiger partial charge in [0.1, 0.15) is 5.82 Å². The van der Waals surface area contributed by atoms with E-state index in [9.17, 15) is 18.8 Å². The number of urea groups is 1. The SMILES string of the molecule is O=C(O)CCCC(=O)NC(=O)Nc1ccc(F)c(Cl)c1. The Kier molecular flexibility index (Phi) is 5.92. The molecule has 108 valence electrons. The van der Waals surface area contributed by atoms with Crippen molar-refractivity contribution < 1.29 is 23.9 Å². The summed E-state index contributed by atoms with van der Waals surface area (Å²) >= 11 is 5.53. The molecule has 0 aromatic heterocycles. The first kappa shape index (κ1) is 15.9. The molecule has 1 aromatic carbocycles. The minimum Gasteiger partial charge on any atom is -0.481 e. The largest absolute Gasteiger partial charge is 0.481 e. The molecule has 0 heterocycles. The van der Waals surface area contributed by atoms with E-state index in [1.807, 2.05) is 5.32 Å². The van der Waals surface area contributed by atoms with E-state index in [-0.39, 0.29) is 30.0 Å². The Balaban J connectivity index is 2.41. The number of carbonyl (C=O) groups is 3. The summed E-state index contributed by atoms with van der Waals surface area (Å²) < 4.78 is 12.9. The van der Waals surface area contributed by atoms with Crippen LogP contribution >= 0.6 is 11.6 Å². The van der Waals surface area contributed by atoms with Crippen molar-refractivity contribution in [2.24, 2.45) is 0 Å². The van der Waals surface area contributed by atoms with Crippen LogP contribution in [0.1, 0.15) is 19.3 Å². The van der Waals surface area contributed by atoms with E-state index in [4.69, 9.17) is 16.7 Å². The van der Waals surface area contributed by atoms with E-state index >= 15 is 0 Å². The summed E-state index contributed by atoms with van der Waals surface area (Å²) in [4.78, 5) is 33.0. The summed E-state index contributed by atoms with van der Waals surface area (Å²) in [5.41, 5.74) is 0.229. The highest BCUT2D eigenvalue weighted by atomic mass is 35.5. The molecule has 1 aromatic rings. The van der Waals surface area contributed by atoms with Gasteiger partial charge in [0, 0.05) is 18.5 Å². The van der Waals surface area contributed by atoms with Crippen molar-refractivity contribution in [3.63, 3.8) is 0 Å². The van der Waals surface area contributed by atoms with Crippen LogP contribution in [0.25, 0.3) is 0 Å². The van der Waals surface area contributed by atoms with Crippen LogP contribution in [0.15, 0.2) is 18.2 Å². The third kappa shape index (κ3) is 5.66. The van der Waals surface area contributed by atoms with Gasteiger partial charge in [-0.25, -0.2) is 9.18 Å². The van der Waals surface area contributed by atoms with Crippen LogP contribution in [0.2, 0.25) is 5.02 Å². The van der Waals surface area contributed by atoms with Gasteiger partial charge in [0.05, 0.1) is 5.02 Å². The van der Waals surface area contributed by atoms with Crippen molar-refractivity contribution in [2.75, 3.05) is 5.32 Å². The van der Waals surface area contributed by atoms with E-state index in [1.165, 1.54) is 12.1 Å². The lowest BCUT2D eigenvalue weighted by atomic mass is 10.2. The quantitative estimate of drug-likeness (QED) is 0.778. The van der Waals surface area contributed by atoms with E-state index in [0.717, 1.165) is 6.07 Å². The summed E-state index contributed by atoms with van der Waals surface area (Å²) in [5.74, 6) is -2.23. The topological polar surface area (TPSA) is 95.5 Å². The number of anilines is 1. The molecule has 0 aliphatic rings. The minimum atomic E-state index is -1.01. The van der Waals surface area contributed by atoms with Gasteiger partial charge >= 0.3 is 12.0 Å². The molecule has 0 atom stereocenters. The van der Waals surface area contributed by atoms with Crippen LogP contribution < -0.4 is 10.6 Å². The highest BCUT2D eigenvalue weighted by Gasteiger charge is 2.09. The van der Waals surface area contributed by atoms with Crippen molar-refractivity contribution in [3.05, 3.63) is 29.0 Å². The summed E-state index contributed by atoms with van der Waals surface area (Å²) in [6, 6.07) is 2.77. The molecule has 0 aliphatic carbocycles. The molecule has 20 heavy (non-hydrogen) atoms. The van der Waals surface area contributed by atoms with E-state index < -0.39 is 23.7 Å². The molecule has 0 radical (unpaired) electrons. The van der Waals surface area contributed by atoms with Gasteiger partial charge in [0.15, 0.2) is 0 Å². The van der Waals surface area contributed by atoms with E-state index in [1.54, 1.807) is 0 Å². The number of amides is 3. The van der Waals surface area contributed by atoms with E-state index in [0.29, 0.717) is 0 Å².